The van der Waals surface area contributed by atoms with Crippen LogP contribution in [0.5, 0.6) is 0 Å². The molecule has 6 aromatic carbocycles. The van der Waals surface area contributed by atoms with Gasteiger partial charge in [-0.2, -0.15) is 0 Å². The van der Waals surface area contributed by atoms with Gasteiger partial charge in [-0.05, 0) is 91.9 Å². The molecule has 6 heteroatoms. The number of benzene rings is 6. The molecule has 2 fully saturated rings. The number of fused-ring (bicyclic) bond motifs is 3. The van der Waals surface area contributed by atoms with Gasteiger partial charge in [-0.3, -0.25) is 0 Å². The molecule has 0 bridgehead atoms. The summed E-state index contributed by atoms with van der Waals surface area (Å²) >= 11 is 0. The van der Waals surface area contributed by atoms with E-state index >= 15 is 0 Å². The van der Waals surface area contributed by atoms with Crippen LogP contribution < -0.4 is 0 Å². The molecule has 1 aliphatic carbocycles. The van der Waals surface area contributed by atoms with E-state index in [0.29, 0.717) is 19.8 Å². The number of rotatable bonds is 12. The second-order valence-electron chi connectivity index (χ2n) is 16.0. The molecular weight excluding hydrogens is 685 g/mol. The molecule has 6 aromatic rings. The van der Waals surface area contributed by atoms with Gasteiger partial charge in [0.2, 0.25) is 0 Å². The van der Waals surface area contributed by atoms with Crippen LogP contribution in [0.25, 0.3) is 32.3 Å². The standard InChI is InChI=1S/C49H54O6/c1-5-43-48(53-30-36-20-23-39-14-8-11-17-42(39)27-36)47(52-29-35-19-22-38-13-7-10-16-41(38)26-35)33(4)49(54-43)55-46-32(3)24-31(2)45(44(46)50)51-28-34-18-21-37-12-6-9-15-40(37)25-34/h6-23,25-27,31-33,43-50H,5,24,28-30H2,1-4H3. The van der Waals surface area contributed by atoms with Crippen LogP contribution in [0.1, 0.15) is 57.2 Å². The van der Waals surface area contributed by atoms with Gasteiger partial charge in [-0.25, -0.2) is 0 Å². The highest BCUT2D eigenvalue weighted by molar-refractivity contribution is 5.84. The normalized spacial score (nSPS) is 28.5. The first-order valence-corrected chi connectivity index (χ1v) is 20.1. The molecule has 8 rings (SSSR count). The Bertz CT molecular complexity index is 2200. The van der Waals surface area contributed by atoms with Crippen LogP contribution in [-0.4, -0.2) is 48.0 Å². The molecule has 0 spiro atoms. The first-order valence-electron chi connectivity index (χ1n) is 20.1. The molecule has 2 aliphatic rings. The molecule has 0 amide bonds. The molecule has 0 radical (unpaired) electrons. The minimum atomic E-state index is -0.811. The topological polar surface area (TPSA) is 66.4 Å². The van der Waals surface area contributed by atoms with Gasteiger partial charge in [-0.15, -0.1) is 0 Å². The lowest BCUT2D eigenvalue weighted by molar-refractivity contribution is -0.323. The lowest BCUT2D eigenvalue weighted by Gasteiger charge is -2.48. The number of ether oxygens (including phenoxy) is 5. The van der Waals surface area contributed by atoms with E-state index in [1.807, 2.05) is 0 Å². The lowest BCUT2D eigenvalue weighted by atomic mass is 9.77. The van der Waals surface area contributed by atoms with Crippen molar-refractivity contribution in [3.63, 3.8) is 0 Å². The fraction of sp³-hybridized carbons (Fsp3) is 0.388. The molecule has 1 heterocycles. The Morgan fingerprint density at radius 3 is 1.42 bits per heavy atom. The van der Waals surface area contributed by atoms with Crippen molar-refractivity contribution in [1.29, 1.82) is 0 Å². The van der Waals surface area contributed by atoms with Crippen LogP contribution in [0.15, 0.2) is 127 Å². The summed E-state index contributed by atoms with van der Waals surface area (Å²) in [7, 11) is 0. The smallest absolute Gasteiger partial charge is 0.163 e. The first-order chi connectivity index (χ1) is 26.8. The predicted octanol–water partition coefficient (Wildman–Crippen LogP) is 10.4. The minimum absolute atomic E-state index is 0.111. The van der Waals surface area contributed by atoms with Gasteiger partial charge in [0.25, 0.3) is 0 Å². The van der Waals surface area contributed by atoms with Gasteiger partial charge in [0.15, 0.2) is 6.29 Å². The van der Waals surface area contributed by atoms with Crippen molar-refractivity contribution in [1.82, 2.24) is 0 Å². The van der Waals surface area contributed by atoms with E-state index in [-0.39, 0.29) is 42.2 Å². The molecule has 1 saturated heterocycles. The molecule has 6 nitrogen and oxygen atoms in total. The highest BCUT2D eigenvalue weighted by Gasteiger charge is 2.49. The highest BCUT2D eigenvalue weighted by atomic mass is 16.7. The van der Waals surface area contributed by atoms with Crippen molar-refractivity contribution in [3.8, 4) is 0 Å². The van der Waals surface area contributed by atoms with Crippen LogP contribution in [-0.2, 0) is 43.5 Å². The molecule has 0 aromatic heterocycles. The summed E-state index contributed by atoms with van der Waals surface area (Å²) in [6.07, 6.45) is -1.53. The Kier molecular flexibility index (Phi) is 11.6. The van der Waals surface area contributed by atoms with Crippen molar-refractivity contribution in [3.05, 3.63) is 144 Å². The summed E-state index contributed by atoms with van der Waals surface area (Å²) < 4.78 is 33.9. The third kappa shape index (κ3) is 8.36. The van der Waals surface area contributed by atoms with E-state index in [2.05, 4.69) is 155 Å². The Labute approximate surface area is 325 Å². The molecule has 1 saturated carbocycles. The first kappa shape index (κ1) is 37.8. The summed E-state index contributed by atoms with van der Waals surface area (Å²) in [5, 5.41) is 19.1. The van der Waals surface area contributed by atoms with Crippen molar-refractivity contribution < 1.29 is 28.8 Å². The molecule has 1 N–H and O–H groups in total. The van der Waals surface area contributed by atoms with Crippen LogP contribution >= 0.6 is 0 Å². The molecule has 10 atom stereocenters. The average Bonchev–Trinajstić information content (AvgIpc) is 3.21. The Hall–Kier alpha value is -4.14. The van der Waals surface area contributed by atoms with Crippen LogP contribution in [0.2, 0.25) is 0 Å². The van der Waals surface area contributed by atoms with E-state index in [4.69, 9.17) is 23.7 Å². The summed E-state index contributed by atoms with van der Waals surface area (Å²) in [6, 6.07) is 44.5. The van der Waals surface area contributed by atoms with Gasteiger partial charge in [-0.1, -0.05) is 137 Å². The lowest BCUT2D eigenvalue weighted by Crippen LogP contribution is -2.59. The Balaban J connectivity index is 1.00. The van der Waals surface area contributed by atoms with Crippen molar-refractivity contribution in [2.24, 2.45) is 17.8 Å². The second kappa shape index (κ2) is 16.9. The molecule has 1 aliphatic heterocycles. The van der Waals surface area contributed by atoms with E-state index in [9.17, 15) is 5.11 Å². The zero-order valence-electron chi connectivity index (χ0n) is 32.4. The monoisotopic (exact) mass is 738 g/mol. The van der Waals surface area contributed by atoms with Crippen LogP contribution in [0.4, 0.5) is 0 Å². The van der Waals surface area contributed by atoms with Crippen molar-refractivity contribution in [2.45, 2.75) is 103 Å². The fourth-order valence-corrected chi connectivity index (χ4v) is 8.88. The van der Waals surface area contributed by atoms with Gasteiger partial charge in [0, 0.05) is 5.92 Å². The summed E-state index contributed by atoms with van der Waals surface area (Å²) in [5.41, 5.74) is 3.30. The van der Waals surface area contributed by atoms with Gasteiger partial charge < -0.3 is 28.8 Å². The van der Waals surface area contributed by atoms with Gasteiger partial charge >= 0.3 is 0 Å². The SMILES string of the molecule is CCC1OC(OC2C(C)CC(C)C(OCc3ccc4ccccc4c3)C2O)C(C)C(OCc2ccc3ccccc3c2)C1OCc1ccc2ccccc2c1. The molecule has 10 unspecified atom stereocenters. The number of hydrogen-bond acceptors (Lipinski definition) is 6. The van der Waals surface area contributed by atoms with E-state index < -0.39 is 18.5 Å². The van der Waals surface area contributed by atoms with Crippen molar-refractivity contribution in [2.75, 3.05) is 0 Å². The maximum Gasteiger partial charge on any atom is 0.163 e. The third-order valence-corrected chi connectivity index (χ3v) is 11.9. The summed E-state index contributed by atoms with van der Waals surface area (Å²) in [4.78, 5) is 0. The van der Waals surface area contributed by atoms with Crippen LogP contribution in [0.3, 0.4) is 0 Å². The second-order valence-corrected chi connectivity index (χ2v) is 16.0. The van der Waals surface area contributed by atoms with Crippen LogP contribution in [0, 0.1) is 17.8 Å². The summed E-state index contributed by atoms with van der Waals surface area (Å²) in [6.45, 7) is 9.89. The predicted molar refractivity (Wildman–Crippen MR) is 220 cm³/mol. The number of aliphatic hydroxyl groups excluding tert-OH is 1. The average molecular weight is 739 g/mol. The zero-order valence-corrected chi connectivity index (χ0v) is 32.4. The number of hydrogen-bond donors (Lipinski definition) is 1. The zero-order chi connectivity index (χ0) is 37.9. The van der Waals surface area contributed by atoms with Gasteiger partial charge in [0.1, 0.15) is 12.2 Å². The maximum absolute atomic E-state index is 11.9. The third-order valence-electron chi connectivity index (χ3n) is 11.9. The fourth-order valence-electron chi connectivity index (χ4n) is 8.88. The molecule has 286 valence electrons. The Morgan fingerprint density at radius 1 is 0.527 bits per heavy atom. The van der Waals surface area contributed by atoms with E-state index in [1.54, 1.807) is 0 Å². The number of aliphatic hydroxyl groups is 1. The Morgan fingerprint density at radius 2 is 0.945 bits per heavy atom. The highest BCUT2D eigenvalue weighted by Crippen LogP contribution is 2.39. The molecule has 55 heavy (non-hydrogen) atoms. The molecular formula is C49H54O6. The van der Waals surface area contributed by atoms with Crippen molar-refractivity contribution >= 4 is 32.3 Å². The summed E-state index contributed by atoms with van der Waals surface area (Å²) in [5.74, 6) is 0.102. The van der Waals surface area contributed by atoms with Gasteiger partial charge in [0.05, 0.1) is 44.2 Å². The minimum Gasteiger partial charge on any atom is -0.388 e. The van der Waals surface area contributed by atoms with E-state index in [1.165, 1.54) is 32.3 Å². The quantitative estimate of drug-likeness (QED) is 0.135. The largest absolute Gasteiger partial charge is 0.388 e. The maximum atomic E-state index is 11.9. The van der Waals surface area contributed by atoms with E-state index in [0.717, 1.165) is 29.5 Å².